The van der Waals surface area contributed by atoms with E-state index in [0.29, 0.717) is 18.7 Å². The highest BCUT2D eigenvalue weighted by atomic mass is 35.5. The van der Waals surface area contributed by atoms with Gasteiger partial charge in [0, 0.05) is 12.2 Å². The second-order valence-electron chi connectivity index (χ2n) is 6.09. The minimum atomic E-state index is -0.540. The molecule has 0 aliphatic heterocycles. The molecule has 2 amide bonds. The number of carbonyl (C=O) groups is 2. The van der Waals surface area contributed by atoms with Crippen LogP contribution < -0.4 is 10.6 Å². The van der Waals surface area contributed by atoms with Crippen molar-refractivity contribution in [3.05, 3.63) is 64.9 Å². The van der Waals surface area contributed by atoms with Crippen molar-refractivity contribution in [3.63, 3.8) is 0 Å². The van der Waals surface area contributed by atoms with Crippen LogP contribution in [0.1, 0.15) is 12.0 Å². The molecule has 0 bridgehead atoms. The summed E-state index contributed by atoms with van der Waals surface area (Å²) in [6.45, 7) is 0.543. The largest absolute Gasteiger partial charge is 0.356 e. The first kappa shape index (κ1) is 17.4. The highest BCUT2D eigenvalue weighted by molar-refractivity contribution is 6.31. The molecule has 0 aromatic heterocycles. The number of rotatable bonds is 6. The highest BCUT2D eigenvalue weighted by Gasteiger charge is 2.47. The van der Waals surface area contributed by atoms with E-state index >= 15 is 0 Å². The first-order chi connectivity index (χ1) is 12.0. The normalized spacial score (nSPS) is 18.5. The Morgan fingerprint density at radius 3 is 2.52 bits per heavy atom. The molecule has 1 aliphatic rings. The monoisotopic (exact) mass is 360 g/mol. The van der Waals surface area contributed by atoms with Crippen LogP contribution in [0.25, 0.3) is 0 Å². The third-order valence-electron chi connectivity index (χ3n) is 4.21. The fourth-order valence-electron chi connectivity index (χ4n) is 2.69. The van der Waals surface area contributed by atoms with E-state index in [4.69, 9.17) is 11.6 Å². The van der Waals surface area contributed by atoms with Crippen molar-refractivity contribution in [2.24, 2.45) is 11.8 Å². The maximum Gasteiger partial charge on any atom is 0.228 e. The number of amides is 2. The Morgan fingerprint density at radius 1 is 1.08 bits per heavy atom. The molecular weight excluding hydrogens is 343 g/mol. The van der Waals surface area contributed by atoms with Gasteiger partial charge in [-0.05, 0) is 36.6 Å². The number of carbonyl (C=O) groups excluding carboxylic acids is 2. The predicted molar refractivity (Wildman–Crippen MR) is 94.8 cm³/mol. The molecule has 0 heterocycles. The Morgan fingerprint density at radius 2 is 1.80 bits per heavy atom. The molecule has 6 heteroatoms. The average Bonchev–Trinajstić information content (AvgIpc) is 3.40. The van der Waals surface area contributed by atoms with E-state index in [1.807, 2.05) is 30.3 Å². The summed E-state index contributed by atoms with van der Waals surface area (Å²) in [6, 6.07) is 13.9. The van der Waals surface area contributed by atoms with Gasteiger partial charge in [0.25, 0.3) is 0 Å². The Hall–Kier alpha value is -2.40. The topological polar surface area (TPSA) is 58.2 Å². The minimum absolute atomic E-state index is 0.0520. The van der Waals surface area contributed by atoms with Crippen LogP contribution in [-0.2, 0) is 16.0 Å². The van der Waals surface area contributed by atoms with Crippen molar-refractivity contribution < 1.29 is 14.0 Å². The van der Waals surface area contributed by atoms with Gasteiger partial charge in [-0.3, -0.25) is 9.59 Å². The van der Waals surface area contributed by atoms with E-state index in [9.17, 15) is 14.0 Å². The number of hydrogen-bond donors (Lipinski definition) is 2. The molecule has 3 rings (SSSR count). The first-order valence-electron chi connectivity index (χ1n) is 8.12. The van der Waals surface area contributed by atoms with Gasteiger partial charge in [-0.15, -0.1) is 0 Å². The highest BCUT2D eigenvalue weighted by Crippen LogP contribution is 2.39. The maximum absolute atomic E-state index is 13.1. The van der Waals surface area contributed by atoms with Crippen molar-refractivity contribution in [2.75, 3.05) is 11.9 Å². The smallest absolute Gasteiger partial charge is 0.228 e. The summed E-state index contributed by atoms with van der Waals surface area (Å²) < 4.78 is 13.1. The average molecular weight is 361 g/mol. The van der Waals surface area contributed by atoms with Gasteiger partial charge in [0.1, 0.15) is 5.82 Å². The van der Waals surface area contributed by atoms with Crippen LogP contribution in [0.4, 0.5) is 10.1 Å². The molecule has 2 unspecified atom stereocenters. The lowest BCUT2D eigenvalue weighted by atomic mass is 10.1. The van der Waals surface area contributed by atoms with Crippen LogP contribution in [0.2, 0.25) is 5.02 Å². The predicted octanol–water partition coefficient (Wildman–Crippen LogP) is 3.41. The summed E-state index contributed by atoms with van der Waals surface area (Å²) in [7, 11) is 0. The molecule has 0 spiro atoms. The lowest BCUT2D eigenvalue weighted by molar-refractivity contribution is -0.125. The molecule has 4 nitrogen and oxygen atoms in total. The number of hydrogen-bond acceptors (Lipinski definition) is 2. The van der Waals surface area contributed by atoms with Gasteiger partial charge in [-0.25, -0.2) is 4.39 Å². The molecule has 2 aromatic carbocycles. The van der Waals surface area contributed by atoms with E-state index < -0.39 is 5.82 Å². The third-order valence-corrected chi connectivity index (χ3v) is 4.50. The molecule has 2 aromatic rings. The van der Waals surface area contributed by atoms with Gasteiger partial charge in [0.05, 0.1) is 16.9 Å². The second-order valence-corrected chi connectivity index (χ2v) is 6.50. The summed E-state index contributed by atoms with van der Waals surface area (Å²) in [5.74, 6) is -1.53. The van der Waals surface area contributed by atoms with Crippen LogP contribution in [0.3, 0.4) is 0 Å². The van der Waals surface area contributed by atoms with Gasteiger partial charge >= 0.3 is 0 Å². The van der Waals surface area contributed by atoms with Gasteiger partial charge < -0.3 is 10.6 Å². The first-order valence-corrected chi connectivity index (χ1v) is 8.50. The van der Waals surface area contributed by atoms with Crippen LogP contribution >= 0.6 is 11.6 Å². The SMILES string of the molecule is O=C(NCCc1ccccc1)C1CC1C(=O)Nc1ccc(F)c(Cl)c1. The molecule has 25 heavy (non-hydrogen) atoms. The maximum atomic E-state index is 13.1. The minimum Gasteiger partial charge on any atom is -0.356 e. The van der Waals surface area contributed by atoms with Crippen molar-refractivity contribution >= 4 is 29.1 Å². The number of nitrogens with one attached hydrogen (secondary N) is 2. The van der Waals surface area contributed by atoms with E-state index in [2.05, 4.69) is 10.6 Å². The van der Waals surface area contributed by atoms with Crippen LogP contribution in [0.5, 0.6) is 0 Å². The molecule has 1 aliphatic carbocycles. The van der Waals surface area contributed by atoms with Crippen LogP contribution in [0, 0.1) is 17.7 Å². The van der Waals surface area contributed by atoms with Crippen molar-refractivity contribution in [1.82, 2.24) is 5.32 Å². The molecule has 0 saturated heterocycles. The molecule has 2 N–H and O–H groups in total. The van der Waals surface area contributed by atoms with Crippen molar-refractivity contribution in [3.8, 4) is 0 Å². The van der Waals surface area contributed by atoms with E-state index in [1.54, 1.807) is 0 Å². The molecule has 0 radical (unpaired) electrons. The number of halogens is 2. The Bertz CT molecular complexity index is 782. The van der Waals surface area contributed by atoms with Crippen molar-refractivity contribution in [1.29, 1.82) is 0 Å². The van der Waals surface area contributed by atoms with E-state index in [-0.39, 0.29) is 28.7 Å². The molecule has 130 valence electrons. The van der Waals surface area contributed by atoms with Crippen molar-refractivity contribution in [2.45, 2.75) is 12.8 Å². The zero-order chi connectivity index (χ0) is 17.8. The lowest BCUT2D eigenvalue weighted by Gasteiger charge is -2.07. The summed E-state index contributed by atoms with van der Waals surface area (Å²) in [5.41, 5.74) is 1.58. The molecule has 1 fully saturated rings. The van der Waals surface area contributed by atoms with Gasteiger partial charge in [0.2, 0.25) is 11.8 Å². The zero-order valence-electron chi connectivity index (χ0n) is 13.5. The molecule has 1 saturated carbocycles. The molecule has 2 atom stereocenters. The summed E-state index contributed by atoms with van der Waals surface area (Å²) in [6.07, 6.45) is 1.28. The zero-order valence-corrected chi connectivity index (χ0v) is 14.2. The second kappa shape index (κ2) is 7.66. The van der Waals surface area contributed by atoms with E-state index in [0.717, 1.165) is 12.0 Å². The Labute approximate surface area is 150 Å². The summed E-state index contributed by atoms with van der Waals surface area (Å²) in [5, 5.41) is 5.49. The van der Waals surface area contributed by atoms with Gasteiger partial charge in [0.15, 0.2) is 0 Å². The van der Waals surface area contributed by atoms with Gasteiger partial charge in [-0.2, -0.15) is 0 Å². The van der Waals surface area contributed by atoms with E-state index in [1.165, 1.54) is 18.2 Å². The Kier molecular flexibility index (Phi) is 5.34. The van der Waals surface area contributed by atoms with Gasteiger partial charge in [-0.1, -0.05) is 41.9 Å². The lowest BCUT2D eigenvalue weighted by Crippen LogP contribution is -2.29. The third kappa shape index (κ3) is 4.57. The molecular formula is C19H18ClFN2O2. The Balaban J connectivity index is 1.44. The summed E-state index contributed by atoms with van der Waals surface area (Å²) in [4.78, 5) is 24.3. The number of anilines is 1. The standard InChI is InChI=1S/C19H18ClFN2O2/c20-16-10-13(6-7-17(16)21)23-19(25)15-11-14(15)18(24)22-9-8-12-4-2-1-3-5-12/h1-7,10,14-15H,8-9,11H2,(H,22,24)(H,23,25). The fourth-order valence-corrected chi connectivity index (χ4v) is 2.87. The summed E-state index contributed by atoms with van der Waals surface area (Å²) >= 11 is 5.69. The van der Waals surface area contributed by atoms with Crippen LogP contribution in [-0.4, -0.2) is 18.4 Å². The van der Waals surface area contributed by atoms with Crippen LogP contribution in [0.15, 0.2) is 48.5 Å². The fraction of sp³-hybridized carbons (Fsp3) is 0.263. The quantitative estimate of drug-likeness (QED) is 0.829. The number of benzene rings is 2.